The Hall–Kier alpha value is -2.81. The molecule has 0 atom stereocenters. The van der Waals surface area contributed by atoms with Gasteiger partial charge in [-0.1, -0.05) is 64.3 Å². The number of benzene rings is 1. The Kier molecular flexibility index (Phi) is 8.18. The molecule has 1 N–H and O–H groups in total. The standard InChI is InChI=1S/C24H33N5O3S/c1-5-6-7-8-12-20(30)14-18-10-9-11-19(13-18)15-25-23-28-24(33(4,31)32)27-22-21(17(2)3)16-26-29(22)23/h9-11,13,16-17H,5-8,12,14-15H2,1-4H3,(H,25,27,28). The summed E-state index contributed by atoms with van der Waals surface area (Å²) in [6.07, 6.45) is 8.20. The van der Waals surface area contributed by atoms with Gasteiger partial charge in [-0.05, 0) is 23.5 Å². The zero-order valence-corrected chi connectivity index (χ0v) is 20.7. The quantitative estimate of drug-likeness (QED) is 0.392. The predicted octanol–water partition coefficient (Wildman–Crippen LogP) is 4.35. The van der Waals surface area contributed by atoms with E-state index in [9.17, 15) is 13.2 Å². The molecule has 3 aromatic rings. The normalized spacial score (nSPS) is 11.9. The molecule has 33 heavy (non-hydrogen) atoms. The third kappa shape index (κ3) is 6.60. The lowest BCUT2D eigenvalue weighted by molar-refractivity contribution is -0.118. The number of nitrogens with one attached hydrogen (secondary N) is 1. The number of hydrogen-bond donors (Lipinski definition) is 1. The molecule has 3 rings (SSSR count). The van der Waals surface area contributed by atoms with Crippen LogP contribution in [-0.2, 0) is 27.6 Å². The summed E-state index contributed by atoms with van der Waals surface area (Å²) in [5.41, 5.74) is 3.27. The highest BCUT2D eigenvalue weighted by molar-refractivity contribution is 7.90. The molecule has 8 nitrogen and oxygen atoms in total. The molecular formula is C24H33N5O3S. The average Bonchev–Trinajstić information content (AvgIpc) is 3.19. The fraction of sp³-hybridized carbons (Fsp3) is 0.500. The zero-order chi connectivity index (χ0) is 24.0. The number of nitrogens with zero attached hydrogens (tertiary/aromatic N) is 4. The van der Waals surface area contributed by atoms with Crippen LogP contribution in [0, 0.1) is 0 Å². The summed E-state index contributed by atoms with van der Waals surface area (Å²) >= 11 is 0. The van der Waals surface area contributed by atoms with Crippen LogP contribution in [0.3, 0.4) is 0 Å². The lowest BCUT2D eigenvalue weighted by atomic mass is 10.0. The van der Waals surface area contributed by atoms with Crippen LogP contribution in [0.15, 0.2) is 35.6 Å². The Bertz CT molecular complexity index is 1220. The van der Waals surface area contributed by atoms with Crippen LogP contribution in [0.5, 0.6) is 0 Å². The summed E-state index contributed by atoms with van der Waals surface area (Å²) in [6.45, 7) is 6.57. The van der Waals surface area contributed by atoms with Gasteiger partial charge in [-0.3, -0.25) is 4.79 Å². The first-order chi connectivity index (χ1) is 15.7. The Labute approximate surface area is 195 Å². The molecule has 0 spiro atoms. The van der Waals surface area contributed by atoms with Crippen molar-refractivity contribution in [2.45, 2.75) is 76.9 Å². The van der Waals surface area contributed by atoms with E-state index in [4.69, 9.17) is 0 Å². The maximum Gasteiger partial charge on any atom is 0.252 e. The van der Waals surface area contributed by atoms with Gasteiger partial charge in [-0.2, -0.15) is 19.6 Å². The van der Waals surface area contributed by atoms with Gasteiger partial charge in [0.15, 0.2) is 5.65 Å². The Morgan fingerprint density at radius 1 is 1.12 bits per heavy atom. The number of anilines is 1. The fourth-order valence-corrected chi connectivity index (χ4v) is 4.16. The molecule has 0 bridgehead atoms. The number of sulfone groups is 1. The molecule has 0 aliphatic heterocycles. The molecule has 0 aliphatic carbocycles. The molecular weight excluding hydrogens is 438 g/mol. The van der Waals surface area contributed by atoms with Crippen molar-refractivity contribution in [3.05, 3.63) is 47.2 Å². The highest BCUT2D eigenvalue weighted by Gasteiger charge is 2.19. The van der Waals surface area contributed by atoms with E-state index in [2.05, 4.69) is 27.3 Å². The van der Waals surface area contributed by atoms with E-state index in [0.29, 0.717) is 31.0 Å². The van der Waals surface area contributed by atoms with Crippen LogP contribution in [0.4, 0.5) is 5.95 Å². The molecule has 0 unspecified atom stereocenters. The first-order valence-corrected chi connectivity index (χ1v) is 13.4. The zero-order valence-electron chi connectivity index (χ0n) is 19.8. The summed E-state index contributed by atoms with van der Waals surface area (Å²) < 4.78 is 25.8. The predicted molar refractivity (Wildman–Crippen MR) is 129 cm³/mol. The fourth-order valence-electron chi connectivity index (χ4n) is 3.66. The molecule has 2 aromatic heterocycles. The van der Waals surface area contributed by atoms with Gasteiger partial charge in [0, 0.05) is 31.2 Å². The number of rotatable bonds is 12. The number of carbonyl (C=O) groups is 1. The number of hydrogen-bond acceptors (Lipinski definition) is 7. The van der Waals surface area contributed by atoms with E-state index in [1.54, 1.807) is 6.20 Å². The van der Waals surface area contributed by atoms with Crippen LogP contribution < -0.4 is 5.32 Å². The van der Waals surface area contributed by atoms with Crippen LogP contribution in [0.2, 0.25) is 0 Å². The number of aromatic nitrogens is 4. The maximum absolute atomic E-state index is 12.3. The van der Waals surface area contributed by atoms with E-state index in [-0.39, 0.29) is 16.9 Å². The van der Waals surface area contributed by atoms with Gasteiger partial charge in [0.1, 0.15) is 5.78 Å². The van der Waals surface area contributed by atoms with Crippen molar-refractivity contribution in [1.82, 2.24) is 19.6 Å². The van der Waals surface area contributed by atoms with Crippen molar-refractivity contribution in [2.75, 3.05) is 11.6 Å². The highest BCUT2D eigenvalue weighted by atomic mass is 32.2. The minimum absolute atomic E-state index is 0.133. The Morgan fingerprint density at radius 2 is 1.88 bits per heavy atom. The Morgan fingerprint density at radius 3 is 2.58 bits per heavy atom. The highest BCUT2D eigenvalue weighted by Crippen LogP contribution is 2.22. The molecule has 0 fully saturated rings. The van der Waals surface area contributed by atoms with E-state index in [0.717, 1.165) is 42.2 Å². The van der Waals surface area contributed by atoms with Gasteiger partial charge in [0.2, 0.25) is 15.8 Å². The Balaban J connectivity index is 1.76. The van der Waals surface area contributed by atoms with Crippen molar-refractivity contribution < 1.29 is 13.2 Å². The number of Topliss-reactive ketones (excluding diaryl/α,β-unsaturated/α-hetero) is 1. The second-order valence-corrected chi connectivity index (χ2v) is 10.7. The number of carbonyl (C=O) groups excluding carboxylic acids is 1. The van der Waals surface area contributed by atoms with Gasteiger partial charge in [-0.15, -0.1) is 0 Å². The van der Waals surface area contributed by atoms with Gasteiger partial charge in [0.25, 0.3) is 5.16 Å². The molecule has 0 aliphatic rings. The third-order valence-corrected chi connectivity index (χ3v) is 6.33. The van der Waals surface area contributed by atoms with Gasteiger partial charge in [0.05, 0.1) is 6.20 Å². The van der Waals surface area contributed by atoms with Crippen molar-refractivity contribution in [1.29, 1.82) is 0 Å². The number of unbranched alkanes of at least 4 members (excludes halogenated alkanes) is 3. The summed E-state index contributed by atoms with van der Waals surface area (Å²) in [6, 6.07) is 7.84. The molecule has 0 radical (unpaired) electrons. The van der Waals surface area contributed by atoms with Gasteiger partial charge in [-0.25, -0.2) is 8.42 Å². The number of fused-ring (bicyclic) bond motifs is 1. The number of ketones is 1. The molecule has 1 aromatic carbocycles. The summed E-state index contributed by atoms with van der Waals surface area (Å²) in [5.74, 6) is 0.697. The van der Waals surface area contributed by atoms with Gasteiger partial charge < -0.3 is 5.32 Å². The monoisotopic (exact) mass is 471 g/mol. The van der Waals surface area contributed by atoms with Crippen LogP contribution >= 0.6 is 0 Å². The molecule has 178 valence electrons. The van der Waals surface area contributed by atoms with Crippen LogP contribution in [-0.4, -0.2) is 40.0 Å². The first kappa shape index (κ1) is 24.8. The molecule has 0 amide bonds. The van der Waals surface area contributed by atoms with E-state index in [1.165, 1.54) is 10.9 Å². The van der Waals surface area contributed by atoms with Crippen molar-refractivity contribution in [2.24, 2.45) is 0 Å². The van der Waals surface area contributed by atoms with Crippen molar-refractivity contribution in [3.63, 3.8) is 0 Å². The van der Waals surface area contributed by atoms with Gasteiger partial charge >= 0.3 is 0 Å². The smallest absolute Gasteiger partial charge is 0.252 e. The van der Waals surface area contributed by atoms with Crippen molar-refractivity contribution >= 4 is 27.2 Å². The summed E-state index contributed by atoms with van der Waals surface area (Å²) in [4.78, 5) is 20.8. The lowest BCUT2D eigenvalue weighted by Gasteiger charge is -2.11. The SMILES string of the molecule is CCCCCCC(=O)Cc1cccc(CNc2nc(S(C)(=O)=O)nc3c(C(C)C)cnn23)c1. The third-order valence-electron chi connectivity index (χ3n) is 5.48. The average molecular weight is 472 g/mol. The second kappa shape index (κ2) is 10.9. The van der Waals surface area contributed by atoms with E-state index in [1.807, 2.05) is 38.1 Å². The largest absolute Gasteiger partial charge is 0.350 e. The lowest BCUT2D eigenvalue weighted by Crippen LogP contribution is -2.14. The van der Waals surface area contributed by atoms with E-state index >= 15 is 0 Å². The maximum atomic E-state index is 12.3. The summed E-state index contributed by atoms with van der Waals surface area (Å²) in [5, 5.41) is 7.33. The van der Waals surface area contributed by atoms with Crippen LogP contribution in [0.1, 0.15) is 75.5 Å². The van der Waals surface area contributed by atoms with E-state index < -0.39 is 9.84 Å². The first-order valence-electron chi connectivity index (χ1n) is 11.5. The van der Waals surface area contributed by atoms with Crippen molar-refractivity contribution in [3.8, 4) is 0 Å². The van der Waals surface area contributed by atoms with Crippen LogP contribution in [0.25, 0.3) is 5.65 Å². The topological polar surface area (TPSA) is 106 Å². The molecule has 2 heterocycles. The minimum atomic E-state index is -3.59. The molecule has 0 saturated heterocycles. The molecule has 9 heteroatoms. The minimum Gasteiger partial charge on any atom is -0.350 e. The summed E-state index contributed by atoms with van der Waals surface area (Å²) in [7, 11) is -3.59. The second-order valence-electron chi connectivity index (χ2n) is 8.79. The molecule has 0 saturated carbocycles.